The topological polar surface area (TPSA) is 121 Å². The summed E-state index contributed by atoms with van der Waals surface area (Å²) < 4.78 is 60.2. The molecule has 1 aliphatic heterocycles. The number of nitrogens with zero attached hydrogens (tertiary/aromatic N) is 2. The number of fused-ring (bicyclic) bond motifs is 1. The molecule has 0 saturated carbocycles. The zero-order valence-corrected chi connectivity index (χ0v) is 41.2. The van der Waals surface area contributed by atoms with Gasteiger partial charge in [0.05, 0.1) is 36.3 Å². The molecule has 3 aliphatic rings. The van der Waals surface area contributed by atoms with Gasteiger partial charge in [0.25, 0.3) is 0 Å². The van der Waals surface area contributed by atoms with Crippen LogP contribution < -0.4 is 9.47 Å². The van der Waals surface area contributed by atoms with Gasteiger partial charge in [-0.3, -0.25) is 4.90 Å². The van der Waals surface area contributed by atoms with Crippen LogP contribution in [0.4, 0.5) is 4.79 Å². The van der Waals surface area contributed by atoms with Crippen LogP contribution in [-0.2, 0) is 43.5 Å². The van der Waals surface area contributed by atoms with E-state index in [2.05, 4.69) is 27.7 Å². The zero-order valence-electron chi connectivity index (χ0n) is 39.6. The molecule has 346 valence electrons. The molecule has 63 heavy (non-hydrogen) atoms. The summed E-state index contributed by atoms with van der Waals surface area (Å²) in [6.07, 6.45) is 4.94. The van der Waals surface area contributed by atoms with E-state index in [9.17, 15) is 18.0 Å². The largest absolute Gasteiger partial charge is 0.497 e. The number of thiophene rings is 1. The van der Waals surface area contributed by atoms with E-state index in [-0.39, 0.29) is 41.2 Å². The van der Waals surface area contributed by atoms with Gasteiger partial charge in [-0.2, -0.15) is 4.31 Å². The van der Waals surface area contributed by atoms with Crippen LogP contribution in [0.25, 0.3) is 5.57 Å². The van der Waals surface area contributed by atoms with E-state index in [0.717, 1.165) is 54.5 Å². The number of ether oxygens (including phenoxy) is 5. The Morgan fingerprint density at radius 3 is 2.22 bits per heavy atom. The smallest absolute Gasteiger partial charge is 0.412 e. The van der Waals surface area contributed by atoms with Crippen LogP contribution in [0.2, 0.25) is 0 Å². The highest BCUT2D eigenvalue weighted by Crippen LogP contribution is 2.47. The number of allylic oxidation sites excluding steroid dienone is 1. The van der Waals surface area contributed by atoms with E-state index in [1.807, 2.05) is 72.7 Å². The number of carbonyl (C=O) groups is 2. The lowest BCUT2D eigenvalue weighted by atomic mass is 9.76. The second-order valence-electron chi connectivity index (χ2n) is 20.5. The highest BCUT2D eigenvalue weighted by atomic mass is 32.2. The minimum absolute atomic E-state index is 0.0211. The second kappa shape index (κ2) is 19.3. The van der Waals surface area contributed by atoms with Crippen molar-refractivity contribution in [2.45, 2.75) is 149 Å². The van der Waals surface area contributed by atoms with Gasteiger partial charge in [-0.25, -0.2) is 18.0 Å². The molecule has 1 aromatic heterocycles. The molecule has 2 atom stereocenters. The summed E-state index contributed by atoms with van der Waals surface area (Å²) in [5.74, 6) is 1.33. The molecule has 0 unspecified atom stereocenters. The average Bonchev–Trinajstić information content (AvgIpc) is 3.88. The Hall–Kier alpha value is -3.91. The van der Waals surface area contributed by atoms with Gasteiger partial charge < -0.3 is 23.7 Å². The van der Waals surface area contributed by atoms with Crippen LogP contribution >= 0.6 is 11.3 Å². The van der Waals surface area contributed by atoms with Crippen LogP contribution in [0.5, 0.6) is 11.5 Å². The summed E-state index contributed by atoms with van der Waals surface area (Å²) in [5, 5.41) is 0. The number of methoxy groups -OCH3 is 1. The molecule has 1 amide bonds. The Balaban J connectivity index is 1.25. The lowest BCUT2D eigenvalue weighted by molar-refractivity contribution is -0.0807. The standard InChI is InChI=1S/C50H70N2O9S2/c1-32(2)28-51(63(55,56)38-22-20-36(57-12)21-23-38)29-42-41(52(50(10,11)60-42)47(54)61-48(5,6)7)26-34-16-18-37(19-17-34)58-31-35-14-13-15-39(35)45-44(46(53)59-30-33(3)4)40-27-49(8,9)25-24-43(40)62-45/h16-23,32-33,41-42H,13-15,24-31H2,1-12H3/t41-,42+/m0/s1. The maximum Gasteiger partial charge on any atom is 0.412 e. The minimum atomic E-state index is -3.95. The molecule has 0 spiro atoms. The Morgan fingerprint density at radius 2 is 1.60 bits per heavy atom. The van der Waals surface area contributed by atoms with Crippen molar-refractivity contribution in [3.05, 3.63) is 80.5 Å². The van der Waals surface area contributed by atoms with E-state index >= 15 is 0 Å². The second-order valence-corrected chi connectivity index (χ2v) is 23.6. The van der Waals surface area contributed by atoms with E-state index in [1.54, 1.807) is 40.5 Å². The molecule has 13 heteroatoms. The molecular weight excluding hydrogens is 837 g/mol. The molecule has 0 N–H and O–H groups in total. The fourth-order valence-electron chi connectivity index (χ4n) is 8.93. The maximum atomic E-state index is 14.2. The third-order valence-corrected chi connectivity index (χ3v) is 15.1. The highest BCUT2D eigenvalue weighted by molar-refractivity contribution is 7.89. The van der Waals surface area contributed by atoms with E-state index in [4.69, 9.17) is 23.7 Å². The number of benzene rings is 2. The first-order valence-corrected chi connectivity index (χ1v) is 24.8. The first-order valence-electron chi connectivity index (χ1n) is 22.6. The SMILES string of the molecule is COc1ccc(S(=O)(=O)N(CC(C)C)C[C@H]2OC(C)(C)N(C(=O)OC(C)(C)C)[C@H]2Cc2ccc(OCC3=C(c4sc5c(c4C(=O)OCC(C)C)CC(C)(C)CC5)CCC3)cc2)cc1. The molecule has 0 radical (unpaired) electrons. The Labute approximate surface area is 380 Å². The van der Waals surface area contributed by atoms with Crippen molar-refractivity contribution in [1.29, 1.82) is 0 Å². The monoisotopic (exact) mass is 906 g/mol. The third kappa shape index (κ3) is 11.7. The van der Waals surface area contributed by atoms with Gasteiger partial charge in [-0.15, -0.1) is 11.3 Å². The molecule has 6 rings (SSSR count). The molecule has 0 bridgehead atoms. The van der Waals surface area contributed by atoms with Crippen molar-refractivity contribution in [3.63, 3.8) is 0 Å². The minimum Gasteiger partial charge on any atom is -0.497 e. The summed E-state index contributed by atoms with van der Waals surface area (Å²) in [6.45, 7) is 22.9. The fourth-order valence-corrected chi connectivity index (χ4v) is 12.0. The molecular formula is C50H70N2O9S2. The van der Waals surface area contributed by atoms with Gasteiger partial charge in [0.2, 0.25) is 10.0 Å². The Bertz CT molecular complexity index is 2230. The number of sulfonamides is 1. The van der Waals surface area contributed by atoms with Crippen molar-refractivity contribution < 1.29 is 41.7 Å². The Kier molecular flexibility index (Phi) is 14.9. The van der Waals surface area contributed by atoms with Crippen molar-refractivity contribution in [2.75, 3.05) is 33.4 Å². The fraction of sp³-hybridized carbons (Fsp3) is 0.600. The summed E-state index contributed by atoms with van der Waals surface area (Å²) in [5.41, 5.74) is 3.58. The van der Waals surface area contributed by atoms with Gasteiger partial charge in [0.15, 0.2) is 0 Å². The van der Waals surface area contributed by atoms with Crippen molar-refractivity contribution >= 4 is 39.0 Å². The molecule has 2 aromatic carbocycles. The number of carbonyl (C=O) groups excluding carboxylic acids is 2. The summed E-state index contributed by atoms with van der Waals surface area (Å²) in [6, 6.07) is 13.7. The first kappa shape index (κ1) is 48.5. The van der Waals surface area contributed by atoms with Gasteiger partial charge in [0.1, 0.15) is 29.4 Å². The van der Waals surface area contributed by atoms with Gasteiger partial charge in [0, 0.05) is 22.8 Å². The average molecular weight is 907 g/mol. The zero-order chi connectivity index (χ0) is 46.1. The van der Waals surface area contributed by atoms with Gasteiger partial charge in [-0.1, -0.05) is 53.7 Å². The normalized spacial score (nSPS) is 19.8. The van der Waals surface area contributed by atoms with E-state index < -0.39 is 39.6 Å². The van der Waals surface area contributed by atoms with Crippen LogP contribution in [-0.4, -0.2) is 86.6 Å². The first-order chi connectivity index (χ1) is 29.5. The van der Waals surface area contributed by atoms with E-state index in [1.165, 1.54) is 33.0 Å². The summed E-state index contributed by atoms with van der Waals surface area (Å²) >= 11 is 1.77. The summed E-state index contributed by atoms with van der Waals surface area (Å²) in [4.78, 5) is 31.9. The molecule has 1 fully saturated rings. The third-order valence-electron chi connectivity index (χ3n) is 11.9. The number of esters is 1. The highest BCUT2D eigenvalue weighted by Gasteiger charge is 2.52. The number of aryl methyl sites for hydroxylation is 1. The number of hydrogen-bond donors (Lipinski definition) is 0. The predicted molar refractivity (Wildman–Crippen MR) is 249 cm³/mol. The molecule has 2 aliphatic carbocycles. The van der Waals surface area contributed by atoms with Crippen molar-refractivity contribution in [1.82, 2.24) is 9.21 Å². The maximum absolute atomic E-state index is 14.2. The molecule has 3 aromatic rings. The quantitative estimate of drug-likeness (QED) is 0.129. The molecule has 11 nitrogen and oxygen atoms in total. The number of rotatable bonds is 16. The molecule has 1 saturated heterocycles. The van der Waals surface area contributed by atoms with Crippen LogP contribution in [0.15, 0.2) is 59.0 Å². The number of amides is 1. The van der Waals surface area contributed by atoms with Gasteiger partial charge in [-0.05, 0) is 155 Å². The Morgan fingerprint density at radius 1 is 0.937 bits per heavy atom. The lowest BCUT2D eigenvalue weighted by Gasteiger charge is -2.35. The predicted octanol–water partition coefficient (Wildman–Crippen LogP) is 10.7. The van der Waals surface area contributed by atoms with Gasteiger partial charge >= 0.3 is 12.1 Å². The van der Waals surface area contributed by atoms with E-state index in [0.29, 0.717) is 31.1 Å². The van der Waals surface area contributed by atoms with Crippen molar-refractivity contribution in [3.8, 4) is 11.5 Å². The van der Waals surface area contributed by atoms with Crippen LogP contribution in [0, 0.1) is 17.3 Å². The molecule has 2 heterocycles. The van der Waals surface area contributed by atoms with Crippen molar-refractivity contribution in [2.24, 2.45) is 17.3 Å². The summed E-state index contributed by atoms with van der Waals surface area (Å²) in [7, 11) is -2.41. The van der Waals surface area contributed by atoms with Crippen LogP contribution in [0.3, 0.4) is 0 Å². The number of hydrogen-bond acceptors (Lipinski definition) is 10. The lowest BCUT2D eigenvalue weighted by Crippen LogP contribution is -2.52. The van der Waals surface area contributed by atoms with Crippen LogP contribution in [0.1, 0.15) is 133 Å².